The summed E-state index contributed by atoms with van der Waals surface area (Å²) >= 11 is 0. The standard InChI is InChI=1S/C16H19NO2/c1-12-3-5-13(6-4-12)14-7-8-16(15(17)11-14)19-10-9-18-2/h3-8,11H,9-10,17H2,1-2H3. The number of nitrogens with two attached hydrogens (primary N) is 1. The summed E-state index contributed by atoms with van der Waals surface area (Å²) in [6.45, 7) is 3.13. The molecule has 0 unspecified atom stereocenters. The Balaban J connectivity index is 2.16. The fourth-order valence-electron chi connectivity index (χ4n) is 1.84. The van der Waals surface area contributed by atoms with Gasteiger partial charge in [-0.15, -0.1) is 0 Å². The fourth-order valence-corrected chi connectivity index (χ4v) is 1.84. The second-order valence-corrected chi connectivity index (χ2v) is 4.46. The van der Waals surface area contributed by atoms with E-state index in [-0.39, 0.29) is 0 Å². The van der Waals surface area contributed by atoms with Gasteiger partial charge in [0.2, 0.25) is 0 Å². The van der Waals surface area contributed by atoms with Crippen molar-refractivity contribution in [3.8, 4) is 16.9 Å². The lowest BCUT2D eigenvalue weighted by Gasteiger charge is -2.10. The van der Waals surface area contributed by atoms with E-state index >= 15 is 0 Å². The molecule has 0 radical (unpaired) electrons. The van der Waals surface area contributed by atoms with Gasteiger partial charge in [0.05, 0.1) is 12.3 Å². The first kappa shape index (κ1) is 13.4. The highest BCUT2D eigenvalue weighted by Crippen LogP contribution is 2.28. The van der Waals surface area contributed by atoms with Gasteiger partial charge >= 0.3 is 0 Å². The van der Waals surface area contributed by atoms with Crippen LogP contribution in [0.5, 0.6) is 5.75 Å². The molecule has 2 aromatic carbocycles. The molecule has 19 heavy (non-hydrogen) atoms. The molecule has 0 saturated carbocycles. The summed E-state index contributed by atoms with van der Waals surface area (Å²) in [7, 11) is 1.65. The number of anilines is 1. The van der Waals surface area contributed by atoms with Gasteiger partial charge < -0.3 is 15.2 Å². The van der Waals surface area contributed by atoms with E-state index in [1.54, 1.807) is 7.11 Å². The molecule has 3 heteroatoms. The molecule has 2 N–H and O–H groups in total. The Morgan fingerprint density at radius 1 is 0.947 bits per heavy atom. The van der Waals surface area contributed by atoms with Crippen LogP contribution in [0.25, 0.3) is 11.1 Å². The van der Waals surface area contributed by atoms with Crippen molar-refractivity contribution in [1.29, 1.82) is 0 Å². The maximum atomic E-state index is 6.01. The van der Waals surface area contributed by atoms with Crippen molar-refractivity contribution >= 4 is 5.69 Å². The number of hydrogen-bond donors (Lipinski definition) is 1. The zero-order valence-corrected chi connectivity index (χ0v) is 11.3. The molecule has 3 nitrogen and oxygen atoms in total. The molecule has 2 rings (SSSR count). The first-order valence-corrected chi connectivity index (χ1v) is 6.29. The van der Waals surface area contributed by atoms with Crippen molar-refractivity contribution in [2.45, 2.75) is 6.92 Å². The third-order valence-electron chi connectivity index (χ3n) is 2.94. The van der Waals surface area contributed by atoms with Gasteiger partial charge in [-0.25, -0.2) is 0 Å². The summed E-state index contributed by atoms with van der Waals surface area (Å²) in [4.78, 5) is 0. The van der Waals surface area contributed by atoms with E-state index in [4.69, 9.17) is 15.2 Å². The van der Waals surface area contributed by atoms with E-state index in [1.165, 1.54) is 5.56 Å². The van der Waals surface area contributed by atoms with Gasteiger partial charge in [0.1, 0.15) is 12.4 Å². The summed E-state index contributed by atoms with van der Waals surface area (Å²) in [6.07, 6.45) is 0. The lowest BCUT2D eigenvalue weighted by atomic mass is 10.0. The minimum atomic E-state index is 0.505. The Labute approximate surface area is 114 Å². The van der Waals surface area contributed by atoms with Crippen LogP contribution in [0.2, 0.25) is 0 Å². The van der Waals surface area contributed by atoms with Gasteiger partial charge in [-0.1, -0.05) is 35.9 Å². The van der Waals surface area contributed by atoms with Crippen LogP contribution < -0.4 is 10.5 Å². The molecule has 0 atom stereocenters. The number of aryl methyl sites for hydroxylation is 1. The van der Waals surface area contributed by atoms with Gasteiger partial charge in [0.15, 0.2) is 0 Å². The average Bonchev–Trinajstić information content (AvgIpc) is 2.42. The molecular weight excluding hydrogens is 238 g/mol. The van der Waals surface area contributed by atoms with Crippen LogP contribution in [0.3, 0.4) is 0 Å². The molecular formula is C16H19NO2. The molecule has 0 aromatic heterocycles. The Morgan fingerprint density at radius 3 is 2.26 bits per heavy atom. The predicted molar refractivity (Wildman–Crippen MR) is 78.4 cm³/mol. The normalized spacial score (nSPS) is 10.4. The summed E-state index contributed by atoms with van der Waals surface area (Å²) in [5.41, 5.74) is 10.1. The van der Waals surface area contributed by atoms with Crippen LogP contribution in [-0.4, -0.2) is 20.3 Å². The Morgan fingerprint density at radius 2 is 1.63 bits per heavy atom. The SMILES string of the molecule is COCCOc1ccc(-c2ccc(C)cc2)cc1N. The third-order valence-corrected chi connectivity index (χ3v) is 2.94. The Bertz CT molecular complexity index is 535. The van der Waals surface area contributed by atoms with Gasteiger partial charge in [-0.05, 0) is 30.2 Å². The van der Waals surface area contributed by atoms with Crippen molar-refractivity contribution < 1.29 is 9.47 Å². The van der Waals surface area contributed by atoms with Crippen molar-refractivity contribution in [2.24, 2.45) is 0 Å². The lowest BCUT2D eigenvalue weighted by molar-refractivity contribution is 0.147. The first-order valence-electron chi connectivity index (χ1n) is 6.29. The average molecular weight is 257 g/mol. The van der Waals surface area contributed by atoms with Crippen LogP contribution in [0.15, 0.2) is 42.5 Å². The molecule has 0 amide bonds. The number of hydrogen-bond acceptors (Lipinski definition) is 3. The van der Waals surface area contributed by atoms with Crippen LogP contribution in [0.4, 0.5) is 5.69 Å². The minimum Gasteiger partial charge on any atom is -0.489 e. The van der Waals surface area contributed by atoms with E-state index in [9.17, 15) is 0 Å². The number of methoxy groups -OCH3 is 1. The second-order valence-electron chi connectivity index (χ2n) is 4.46. The smallest absolute Gasteiger partial charge is 0.142 e. The molecule has 0 heterocycles. The number of benzene rings is 2. The van der Waals surface area contributed by atoms with Gasteiger partial charge in [-0.3, -0.25) is 0 Å². The predicted octanol–water partition coefficient (Wildman–Crippen LogP) is 3.27. The summed E-state index contributed by atoms with van der Waals surface area (Å²) in [5.74, 6) is 0.702. The molecule has 0 bridgehead atoms. The quantitative estimate of drug-likeness (QED) is 0.660. The van der Waals surface area contributed by atoms with Crippen molar-refractivity contribution in [2.75, 3.05) is 26.1 Å². The Hall–Kier alpha value is -2.00. The van der Waals surface area contributed by atoms with Crippen LogP contribution in [0, 0.1) is 6.92 Å². The highest BCUT2D eigenvalue weighted by atomic mass is 16.5. The van der Waals surface area contributed by atoms with Gasteiger partial charge in [0, 0.05) is 7.11 Å². The zero-order chi connectivity index (χ0) is 13.7. The molecule has 2 aromatic rings. The maximum absolute atomic E-state index is 6.01. The molecule has 0 fully saturated rings. The van der Waals surface area contributed by atoms with Crippen molar-refractivity contribution in [1.82, 2.24) is 0 Å². The van der Waals surface area contributed by atoms with E-state index < -0.39 is 0 Å². The van der Waals surface area contributed by atoms with E-state index in [2.05, 4.69) is 31.2 Å². The fraction of sp³-hybridized carbons (Fsp3) is 0.250. The summed E-state index contributed by atoms with van der Waals surface area (Å²) < 4.78 is 10.5. The topological polar surface area (TPSA) is 44.5 Å². The van der Waals surface area contributed by atoms with Crippen LogP contribution in [0.1, 0.15) is 5.56 Å². The first-order chi connectivity index (χ1) is 9.20. The van der Waals surface area contributed by atoms with Crippen molar-refractivity contribution in [3.05, 3.63) is 48.0 Å². The van der Waals surface area contributed by atoms with Crippen LogP contribution in [-0.2, 0) is 4.74 Å². The lowest BCUT2D eigenvalue weighted by Crippen LogP contribution is -2.05. The molecule has 0 aliphatic rings. The zero-order valence-electron chi connectivity index (χ0n) is 11.3. The molecule has 0 aliphatic carbocycles. The summed E-state index contributed by atoms with van der Waals surface area (Å²) in [5, 5.41) is 0. The van der Waals surface area contributed by atoms with Gasteiger partial charge in [0.25, 0.3) is 0 Å². The minimum absolute atomic E-state index is 0.505. The highest BCUT2D eigenvalue weighted by molar-refractivity contribution is 5.70. The summed E-state index contributed by atoms with van der Waals surface area (Å²) in [6, 6.07) is 14.2. The van der Waals surface area contributed by atoms with E-state index in [0.717, 1.165) is 11.1 Å². The van der Waals surface area contributed by atoms with Crippen molar-refractivity contribution in [3.63, 3.8) is 0 Å². The number of nitrogen functional groups attached to an aromatic ring is 1. The van der Waals surface area contributed by atoms with Gasteiger partial charge in [-0.2, -0.15) is 0 Å². The van der Waals surface area contributed by atoms with Crippen LogP contribution >= 0.6 is 0 Å². The Kier molecular flexibility index (Phi) is 4.42. The molecule has 0 spiro atoms. The molecule has 0 saturated heterocycles. The largest absolute Gasteiger partial charge is 0.489 e. The second kappa shape index (κ2) is 6.25. The number of ether oxygens (including phenoxy) is 2. The van der Waals surface area contributed by atoms with E-state index in [1.807, 2.05) is 18.2 Å². The van der Waals surface area contributed by atoms with E-state index in [0.29, 0.717) is 24.7 Å². The maximum Gasteiger partial charge on any atom is 0.142 e. The highest BCUT2D eigenvalue weighted by Gasteiger charge is 2.04. The molecule has 100 valence electrons. The third kappa shape index (κ3) is 3.48. The molecule has 0 aliphatic heterocycles. The monoisotopic (exact) mass is 257 g/mol. The number of rotatable bonds is 5.